The zero-order valence-electron chi connectivity index (χ0n) is 11.9. The van der Waals surface area contributed by atoms with Gasteiger partial charge >= 0.3 is 5.97 Å². The number of aromatic hydroxyl groups is 1. The molecule has 2 N–H and O–H groups in total. The first-order valence-corrected chi connectivity index (χ1v) is 6.97. The highest BCUT2D eigenvalue weighted by Crippen LogP contribution is 2.32. The van der Waals surface area contributed by atoms with Gasteiger partial charge in [0, 0.05) is 24.7 Å². The Balaban J connectivity index is 2.19. The number of nitrogens with zero attached hydrogens (tertiary/aromatic N) is 1. The van der Waals surface area contributed by atoms with Crippen molar-refractivity contribution in [3.8, 4) is 5.75 Å². The number of phenols is 1. The monoisotopic (exact) mass is 335 g/mol. The number of phenolic OH excluding ortho intramolecular Hbond substituents is 1. The van der Waals surface area contributed by atoms with Gasteiger partial charge in [-0.05, 0) is 24.1 Å². The first kappa shape index (κ1) is 16.9. The summed E-state index contributed by atoms with van der Waals surface area (Å²) >= 11 is 6.01. The first-order valence-electron chi connectivity index (χ1n) is 6.59. The van der Waals surface area contributed by atoms with Crippen molar-refractivity contribution in [2.45, 2.75) is 25.0 Å². The number of β-amino-alcohol motifs (C(OH)–C–C–N with tert-alkyl or cyclic N) is 1. The van der Waals surface area contributed by atoms with Crippen molar-refractivity contribution in [3.63, 3.8) is 0 Å². The molecule has 0 aliphatic carbocycles. The van der Waals surface area contributed by atoms with Crippen molar-refractivity contribution in [1.82, 2.24) is 4.90 Å². The van der Waals surface area contributed by atoms with Gasteiger partial charge in [-0.3, -0.25) is 4.90 Å². The highest BCUT2D eigenvalue weighted by molar-refractivity contribution is 6.31. The normalized spacial score (nSPS) is 22.3. The van der Waals surface area contributed by atoms with Crippen LogP contribution in [0, 0.1) is 0 Å². The Labute approximate surface area is 131 Å². The lowest BCUT2D eigenvalue weighted by Crippen LogP contribution is -2.40. The third kappa shape index (κ3) is 3.31. The number of hydrogen-bond donors (Lipinski definition) is 2. The lowest BCUT2D eigenvalue weighted by Gasteiger charge is -2.22. The Hall–Kier alpha value is -1.44. The fourth-order valence-electron chi connectivity index (χ4n) is 2.45. The lowest BCUT2D eigenvalue weighted by molar-refractivity contribution is -0.0872. The van der Waals surface area contributed by atoms with Crippen molar-refractivity contribution < 1.29 is 28.5 Å². The highest BCUT2D eigenvalue weighted by atomic mass is 35.5. The van der Waals surface area contributed by atoms with Gasteiger partial charge in [0.05, 0.1) is 7.11 Å². The van der Waals surface area contributed by atoms with Crippen LogP contribution < -0.4 is 0 Å². The standard InChI is InChI=1S/C14H16ClF2NO4/c1-22-12(20)9-4-8(10(15)5-11(9)19)6-18-3-2-14(21,7-18)13(16)17/h4-5,13,19,21H,2-3,6-7H2,1H3. The van der Waals surface area contributed by atoms with E-state index in [4.69, 9.17) is 11.6 Å². The number of benzene rings is 1. The summed E-state index contributed by atoms with van der Waals surface area (Å²) in [6.45, 7) is 0.277. The van der Waals surface area contributed by atoms with Crippen molar-refractivity contribution in [1.29, 1.82) is 0 Å². The summed E-state index contributed by atoms with van der Waals surface area (Å²) in [5, 5.41) is 19.7. The Kier molecular flexibility index (Phi) is 4.89. The van der Waals surface area contributed by atoms with Gasteiger partial charge < -0.3 is 14.9 Å². The minimum Gasteiger partial charge on any atom is -0.507 e. The maximum Gasteiger partial charge on any atom is 0.341 e. The molecule has 0 spiro atoms. The van der Waals surface area contributed by atoms with Gasteiger partial charge in [-0.15, -0.1) is 0 Å². The van der Waals surface area contributed by atoms with Crippen LogP contribution in [0.15, 0.2) is 12.1 Å². The van der Waals surface area contributed by atoms with E-state index in [1.807, 2.05) is 0 Å². The van der Waals surface area contributed by atoms with E-state index in [2.05, 4.69) is 4.74 Å². The second-order valence-corrected chi connectivity index (χ2v) is 5.72. The molecule has 22 heavy (non-hydrogen) atoms. The van der Waals surface area contributed by atoms with E-state index < -0.39 is 18.0 Å². The number of alkyl halides is 2. The van der Waals surface area contributed by atoms with Gasteiger partial charge in [0.15, 0.2) is 0 Å². The van der Waals surface area contributed by atoms with E-state index in [1.54, 1.807) is 4.90 Å². The third-order valence-electron chi connectivity index (χ3n) is 3.73. The lowest BCUT2D eigenvalue weighted by atomic mass is 10.1. The van der Waals surface area contributed by atoms with Crippen molar-refractivity contribution >= 4 is 17.6 Å². The SMILES string of the molecule is COC(=O)c1cc(CN2CCC(O)(C(F)F)C2)c(Cl)cc1O. The second kappa shape index (κ2) is 6.36. The molecule has 1 unspecified atom stereocenters. The minimum absolute atomic E-state index is 0.0375. The van der Waals surface area contributed by atoms with Crippen LogP contribution >= 0.6 is 11.6 Å². The zero-order valence-corrected chi connectivity index (χ0v) is 12.6. The fourth-order valence-corrected chi connectivity index (χ4v) is 2.67. The Morgan fingerprint density at radius 3 is 2.77 bits per heavy atom. The van der Waals surface area contributed by atoms with E-state index >= 15 is 0 Å². The quantitative estimate of drug-likeness (QED) is 0.824. The van der Waals surface area contributed by atoms with Gasteiger partial charge in [-0.25, -0.2) is 13.6 Å². The number of methoxy groups -OCH3 is 1. The number of carbonyl (C=O) groups is 1. The number of rotatable bonds is 4. The van der Waals surface area contributed by atoms with Crippen LogP contribution in [0.4, 0.5) is 8.78 Å². The molecule has 0 aromatic heterocycles. The summed E-state index contributed by atoms with van der Waals surface area (Å²) in [6.07, 6.45) is -2.86. The summed E-state index contributed by atoms with van der Waals surface area (Å²) in [5.41, 5.74) is -1.59. The molecule has 2 rings (SSSR count). The predicted octanol–water partition coefficient (Wildman–Crippen LogP) is 2.03. The van der Waals surface area contributed by atoms with Gasteiger partial charge in [0.25, 0.3) is 6.43 Å². The van der Waals surface area contributed by atoms with Crippen LogP contribution in [-0.4, -0.2) is 53.3 Å². The number of carbonyl (C=O) groups excluding carboxylic acids is 1. The number of aliphatic hydroxyl groups is 1. The molecule has 1 aromatic carbocycles. The molecule has 0 amide bonds. The van der Waals surface area contributed by atoms with Crippen LogP contribution in [0.2, 0.25) is 5.02 Å². The Bertz CT molecular complexity index is 584. The average Bonchev–Trinajstić information content (AvgIpc) is 2.84. The molecule has 5 nitrogen and oxygen atoms in total. The fraction of sp³-hybridized carbons (Fsp3) is 0.500. The second-order valence-electron chi connectivity index (χ2n) is 5.32. The molecule has 1 atom stereocenters. The van der Waals surface area contributed by atoms with Gasteiger partial charge in [0.2, 0.25) is 0 Å². The van der Waals surface area contributed by atoms with Crippen LogP contribution in [0.3, 0.4) is 0 Å². The molecule has 122 valence electrons. The van der Waals surface area contributed by atoms with Gasteiger partial charge in [-0.1, -0.05) is 11.6 Å². The van der Waals surface area contributed by atoms with E-state index in [0.29, 0.717) is 5.56 Å². The minimum atomic E-state index is -2.82. The van der Waals surface area contributed by atoms with Crippen molar-refractivity contribution in [2.75, 3.05) is 20.2 Å². The molecule has 1 saturated heterocycles. The molecule has 0 radical (unpaired) electrons. The molecule has 1 aromatic rings. The molecule has 0 bridgehead atoms. The van der Waals surface area contributed by atoms with Crippen LogP contribution in [0.25, 0.3) is 0 Å². The highest BCUT2D eigenvalue weighted by Gasteiger charge is 2.44. The third-order valence-corrected chi connectivity index (χ3v) is 4.08. The maximum absolute atomic E-state index is 12.8. The van der Waals surface area contributed by atoms with E-state index in [-0.39, 0.29) is 42.4 Å². The summed E-state index contributed by atoms with van der Waals surface area (Å²) in [6, 6.07) is 2.57. The molecule has 1 aliphatic rings. The Morgan fingerprint density at radius 2 is 2.23 bits per heavy atom. The number of ether oxygens (including phenoxy) is 1. The van der Waals surface area contributed by atoms with E-state index in [9.17, 15) is 23.8 Å². The van der Waals surface area contributed by atoms with Crippen LogP contribution in [0.5, 0.6) is 5.75 Å². The number of likely N-dealkylation sites (tertiary alicyclic amines) is 1. The summed E-state index contributed by atoms with van der Waals surface area (Å²) in [7, 11) is 1.18. The van der Waals surface area contributed by atoms with E-state index in [1.165, 1.54) is 19.2 Å². The molecule has 8 heteroatoms. The summed E-state index contributed by atoms with van der Waals surface area (Å²) in [5.74, 6) is -1.04. The zero-order chi connectivity index (χ0) is 16.5. The number of halogens is 3. The molecule has 1 heterocycles. The van der Waals surface area contributed by atoms with Crippen LogP contribution in [-0.2, 0) is 11.3 Å². The van der Waals surface area contributed by atoms with Gasteiger partial charge in [-0.2, -0.15) is 0 Å². The van der Waals surface area contributed by atoms with Crippen molar-refractivity contribution in [2.24, 2.45) is 0 Å². The largest absolute Gasteiger partial charge is 0.507 e. The average molecular weight is 336 g/mol. The van der Waals surface area contributed by atoms with Gasteiger partial charge in [0.1, 0.15) is 16.9 Å². The first-order chi connectivity index (χ1) is 10.3. The summed E-state index contributed by atoms with van der Waals surface area (Å²) < 4.78 is 30.1. The molecule has 1 fully saturated rings. The molecular weight excluding hydrogens is 320 g/mol. The Morgan fingerprint density at radius 1 is 1.55 bits per heavy atom. The topological polar surface area (TPSA) is 70.0 Å². The van der Waals surface area contributed by atoms with E-state index in [0.717, 1.165) is 0 Å². The predicted molar refractivity (Wildman–Crippen MR) is 75.3 cm³/mol. The van der Waals surface area contributed by atoms with Crippen LogP contribution in [0.1, 0.15) is 22.3 Å². The molecule has 0 saturated carbocycles. The number of esters is 1. The number of hydrogen-bond acceptors (Lipinski definition) is 5. The molecule has 1 aliphatic heterocycles. The smallest absolute Gasteiger partial charge is 0.341 e. The maximum atomic E-state index is 12.8. The molecular formula is C14H16ClF2NO4. The van der Waals surface area contributed by atoms with Crippen molar-refractivity contribution in [3.05, 3.63) is 28.3 Å². The summed E-state index contributed by atoms with van der Waals surface area (Å²) in [4.78, 5) is 13.2.